The van der Waals surface area contributed by atoms with Gasteiger partial charge in [0, 0.05) is 10.0 Å². The van der Waals surface area contributed by atoms with Crippen molar-refractivity contribution in [3.05, 3.63) is 58.1 Å². The zero-order chi connectivity index (χ0) is 15.6. The van der Waals surface area contributed by atoms with Gasteiger partial charge in [0.05, 0.1) is 4.90 Å². The van der Waals surface area contributed by atoms with Gasteiger partial charge in [-0.2, -0.15) is 0 Å². The van der Waals surface area contributed by atoms with Crippen molar-refractivity contribution in [3.63, 3.8) is 0 Å². The van der Waals surface area contributed by atoms with Crippen molar-refractivity contribution in [1.29, 1.82) is 0 Å². The lowest BCUT2D eigenvalue weighted by molar-refractivity contribution is 0.272. The van der Waals surface area contributed by atoms with E-state index in [4.69, 9.17) is 9.88 Å². The first-order valence-corrected chi connectivity index (χ1v) is 8.01. The molecule has 0 atom stereocenters. The molecule has 0 fully saturated rings. The number of rotatable bonds is 4. The lowest BCUT2D eigenvalue weighted by atomic mass is 10.2. The Morgan fingerprint density at radius 2 is 1.71 bits per heavy atom. The molecule has 0 saturated heterocycles. The van der Waals surface area contributed by atoms with Gasteiger partial charge in [0.1, 0.15) is 6.61 Å². The number of halogens is 3. The van der Waals surface area contributed by atoms with E-state index in [0.29, 0.717) is 17.7 Å². The van der Waals surface area contributed by atoms with Gasteiger partial charge in [0.2, 0.25) is 10.0 Å². The normalized spacial score (nSPS) is 11.4. The van der Waals surface area contributed by atoms with Crippen LogP contribution in [0.1, 0.15) is 5.56 Å². The molecule has 0 heterocycles. The number of nitrogens with two attached hydrogens (primary N) is 1. The monoisotopic (exact) mass is 377 g/mol. The summed E-state index contributed by atoms with van der Waals surface area (Å²) in [6.07, 6.45) is 0. The van der Waals surface area contributed by atoms with Crippen LogP contribution in [0, 0.1) is 11.6 Å². The molecule has 0 aliphatic rings. The molecule has 0 bridgehead atoms. The maximum atomic E-state index is 13.7. The third-order valence-corrected chi connectivity index (χ3v) is 4.30. The number of primary sulfonamides is 1. The van der Waals surface area contributed by atoms with Crippen LogP contribution in [0.2, 0.25) is 0 Å². The van der Waals surface area contributed by atoms with E-state index in [1.165, 1.54) is 0 Å². The molecule has 4 nitrogen and oxygen atoms in total. The second-order valence-corrected chi connectivity index (χ2v) is 6.56. The van der Waals surface area contributed by atoms with E-state index in [-0.39, 0.29) is 6.61 Å². The van der Waals surface area contributed by atoms with Gasteiger partial charge in [-0.05, 0) is 18.2 Å². The molecule has 2 aromatic carbocycles. The van der Waals surface area contributed by atoms with Crippen molar-refractivity contribution in [2.24, 2.45) is 5.14 Å². The minimum Gasteiger partial charge on any atom is -0.483 e. The molecule has 8 heteroatoms. The first-order valence-electron chi connectivity index (χ1n) is 5.67. The topological polar surface area (TPSA) is 69.4 Å². The van der Waals surface area contributed by atoms with Crippen LogP contribution >= 0.6 is 15.9 Å². The van der Waals surface area contributed by atoms with E-state index in [1.807, 2.05) is 0 Å². The predicted molar refractivity (Wildman–Crippen MR) is 76.2 cm³/mol. The molecule has 0 aromatic heterocycles. The van der Waals surface area contributed by atoms with Crippen LogP contribution in [0.4, 0.5) is 8.78 Å². The molecule has 0 saturated carbocycles. The van der Waals surface area contributed by atoms with Crippen LogP contribution in [0.5, 0.6) is 5.75 Å². The SMILES string of the molecule is NS(=O)(=O)c1cc(F)c(OCc2ccccc2Br)c(F)c1. The van der Waals surface area contributed by atoms with E-state index in [9.17, 15) is 17.2 Å². The molecular weight excluding hydrogens is 368 g/mol. The Bertz CT molecular complexity index is 758. The molecule has 2 aromatic rings. The Balaban J connectivity index is 2.28. The first kappa shape index (κ1) is 15.9. The largest absolute Gasteiger partial charge is 0.483 e. The van der Waals surface area contributed by atoms with E-state index in [2.05, 4.69) is 15.9 Å². The van der Waals surface area contributed by atoms with Crippen LogP contribution in [0.15, 0.2) is 45.8 Å². The molecule has 2 N–H and O–H groups in total. The van der Waals surface area contributed by atoms with Crippen molar-refractivity contribution in [2.75, 3.05) is 0 Å². The lowest BCUT2D eigenvalue weighted by Gasteiger charge is -2.10. The summed E-state index contributed by atoms with van der Waals surface area (Å²) in [6, 6.07) is 8.26. The number of ether oxygens (including phenoxy) is 1. The minimum absolute atomic E-state index is 0.0794. The summed E-state index contributed by atoms with van der Waals surface area (Å²) >= 11 is 3.28. The first-order chi connectivity index (χ1) is 9.79. The quantitative estimate of drug-likeness (QED) is 0.890. The van der Waals surface area contributed by atoms with Gasteiger partial charge in [-0.3, -0.25) is 0 Å². The van der Waals surface area contributed by atoms with E-state index < -0.39 is 32.3 Å². The Morgan fingerprint density at radius 1 is 1.14 bits per heavy atom. The molecule has 0 spiro atoms. The van der Waals surface area contributed by atoms with Crippen LogP contribution in [-0.2, 0) is 16.6 Å². The number of hydrogen-bond donors (Lipinski definition) is 1. The highest BCUT2D eigenvalue weighted by Crippen LogP contribution is 2.27. The molecule has 2 rings (SSSR count). The summed E-state index contributed by atoms with van der Waals surface area (Å²) in [5.74, 6) is -2.92. The van der Waals surface area contributed by atoms with Crippen LogP contribution < -0.4 is 9.88 Å². The smallest absolute Gasteiger partial charge is 0.238 e. The van der Waals surface area contributed by atoms with Gasteiger partial charge in [-0.15, -0.1) is 0 Å². The molecule has 21 heavy (non-hydrogen) atoms. The van der Waals surface area contributed by atoms with Gasteiger partial charge in [0.25, 0.3) is 0 Å². The van der Waals surface area contributed by atoms with Crippen molar-refractivity contribution < 1.29 is 21.9 Å². The Labute approximate surface area is 128 Å². The number of hydrogen-bond acceptors (Lipinski definition) is 3. The third-order valence-electron chi connectivity index (χ3n) is 2.63. The summed E-state index contributed by atoms with van der Waals surface area (Å²) < 4.78 is 55.5. The van der Waals surface area contributed by atoms with Crippen molar-refractivity contribution in [3.8, 4) is 5.75 Å². The number of benzene rings is 2. The van der Waals surface area contributed by atoms with Gasteiger partial charge in [-0.1, -0.05) is 34.1 Å². The molecule has 0 unspecified atom stereocenters. The van der Waals surface area contributed by atoms with Gasteiger partial charge >= 0.3 is 0 Å². The maximum absolute atomic E-state index is 13.7. The van der Waals surface area contributed by atoms with Crippen molar-refractivity contribution in [1.82, 2.24) is 0 Å². The molecular formula is C13H10BrF2NO3S. The molecule has 0 radical (unpaired) electrons. The standard InChI is InChI=1S/C13H10BrF2NO3S/c14-10-4-2-1-3-8(10)7-20-13-11(15)5-9(6-12(13)16)21(17,18)19/h1-6H,7H2,(H2,17,18,19). The second-order valence-electron chi connectivity index (χ2n) is 4.14. The summed E-state index contributed by atoms with van der Waals surface area (Å²) in [5, 5.41) is 4.82. The minimum atomic E-state index is -4.18. The summed E-state index contributed by atoms with van der Waals surface area (Å²) in [4.78, 5) is -0.647. The fourth-order valence-electron chi connectivity index (χ4n) is 1.60. The lowest BCUT2D eigenvalue weighted by Crippen LogP contribution is -2.13. The van der Waals surface area contributed by atoms with Gasteiger partial charge in [-0.25, -0.2) is 22.3 Å². The van der Waals surface area contributed by atoms with Gasteiger partial charge < -0.3 is 4.74 Å². The fourth-order valence-corrected chi connectivity index (χ4v) is 2.54. The average molecular weight is 378 g/mol. The molecule has 112 valence electrons. The number of sulfonamides is 1. The van der Waals surface area contributed by atoms with E-state index >= 15 is 0 Å². The highest BCUT2D eigenvalue weighted by molar-refractivity contribution is 9.10. The fraction of sp³-hybridized carbons (Fsp3) is 0.0769. The summed E-state index contributed by atoms with van der Waals surface area (Å²) in [7, 11) is -4.18. The molecule has 0 amide bonds. The third kappa shape index (κ3) is 3.78. The maximum Gasteiger partial charge on any atom is 0.238 e. The Morgan fingerprint density at radius 3 is 2.24 bits per heavy atom. The van der Waals surface area contributed by atoms with Crippen molar-refractivity contribution >= 4 is 26.0 Å². The highest BCUT2D eigenvalue weighted by Gasteiger charge is 2.18. The van der Waals surface area contributed by atoms with Gasteiger partial charge in [0.15, 0.2) is 17.4 Å². The zero-order valence-corrected chi connectivity index (χ0v) is 12.9. The average Bonchev–Trinajstić information content (AvgIpc) is 2.38. The second kappa shape index (κ2) is 6.08. The van der Waals surface area contributed by atoms with Crippen LogP contribution in [-0.4, -0.2) is 8.42 Å². The molecule has 0 aliphatic carbocycles. The predicted octanol–water partition coefficient (Wildman–Crippen LogP) is 2.95. The van der Waals surface area contributed by atoms with E-state index in [0.717, 1.165) is 4.47 Å². The molecule has 0 aliphatic heterocycles. The van der Waals surface area contributed by atoms with Crippen molar-refractivity contribution in [2.45, 2.75) is 11.5 Å². The van der Waals surface area contributed by atoms with E-state index in [1.54, 1.807) is 24.3 Å². The summed E-state index contributed by atoms with van der Waals surface area (Å²) in [5.41, 5.74) is 0.687. The highest BCUT2D eigenvalue weighted by atomic mass is 79.9. The Kier molecular flexibility index (Phi) is 4.60. The summed E-state index contributed by atoms with van der Waals surface area (Å²) in [6.45, 7) is -0.0794. The zero-order valence-electron chi connectivity index (χ0n) is 10.5. The Hall–Kier alpha value is -1.51. The van der Waals surface area contributed by atoms with Crippen LogP contribution in [0.25, 0.3) is 0 Å². The van der Waals surface area contributed by atoms with Crippen LogP contribution in [0.3, 0.4) is 0 Å².